The van der Waals surface area contributed by atoms with Crippen LogP contribution in [0.3, 0.4) is 0 Å². The lowest BCUT2D eigenvalue weighted by atomic mass is 10.0. The summed E-state index contributed by atoms with van der Waals surface area (Å²) in [6.07, 6.45) is 1.82. The van der Waals surface area contributed by atoms with Crippen LogP contribution in [0, 0.1) is 0 Å². The lowest BCUT2D eigenvalue weighted by Gasteiger charge is -2.14. The van der Waals surface area contributed by atoms with Crippen molar-refractivity contribution >= 4 is 23.2 Å². The molecule has 1 heterocycles. The van der Waals surface area contributed by atoms with Crippen molar-refractivity contribution in [3.8, 4) is 5.75 Å². The number of nitrogens with two attached hydrogens (primary N) is 1. The van der Waals surface area contributed by atoms with E-state index in [1.54, 1.807) is 12.1 Å². The third-order valence-electron chi connectivity index (χ3n) is 2.37. The molecule has 1 atom stereocenters. The first-order valence-corrected chi connectivity index (χ1v) is 5.32. The number of benzene rings is 1. The SMILES string of the molecule is N[C@@H]1CCCOc2c(Cl)ccc(Cl)c21. The van der Waals surface area contributed by atoms with Gasteiger partial charge in [0, 0.05) is 16.6 Å². The molecule has 4 heteroatoms. The highest BCUT2D eigenvalue weighted by molar-refractivity contribution is 6.35. The molecule has 2 nitrogen and oxygen atoms in total. The highest BCUT2D eigenvalue weighted by Gasteiger charge is 2.21. The Morgan fingerprint density at radius 3 is 2.79 bits per heavy atom. The first-order chi connectivity index (χ1) is 6.70. The van der Waals surface area contributed by atoms with Gasteiger partial charge in [-0.2, -0.15) is 0 Å². The zero-order chi connectivity index (χ0) is 10.1. The van der Waals surface area contributed by atoms with Crippen LogP contribution in [0.5, 0.6) is 5.75 Å². The molecule has 1 aromatic rings. The van der Waals surface area contributed by atoms with Gasteiger partial charge in [-0.1, -0.05) is 23.2 Å². The van der Waals surface area contributed by atoms with E-state index in [2.05, 4.69) is 0 Å². The largest absolute Gasteiger partial charge is 0.492 e. The third-order valence-corrected chi connectivity index (χ3v) is 3.00. The molecular weight excluding hydrogens is 221 g/mol. The van der Waals surface area contributed by atoms with Gasteiger partial charge in [0.15, 0.2) is 0 Å². The summed E-state index contributed by atoms with van der Waals surface area (Å²) in [5.41, 5.74) is 6.84. The van der Waals surface area contributed by atoms with Gasteiger partial charge in [-0.05, 0) is 25.0 Å². The maximum atomic E-state index is 6.06. The quantitative estimate of drug-likeness (QED) is 0.745. The molecule has 76 valence electrons. The van der Waals surface area contributed by atoms with E-state index in [4.69, 9.17) is 33.7 Å². The van der Waals surface area contributed by atoms with E-state index in [1.807, 2.05) is 0 Å². The predicted molar refractivity (Wildman–Crippen MR) is 58.1 cm³/mol. The van der Waals surface area contributed by atoms with Crippen molar-refractivity contribution in [3.05, 3.63) is 27.7 Å². The van der Waals surface area contributed by atoms with Crippen molar-refractivity contribution in [1.82, 2.24) is 0 Å². The molecule has 0 amide bonds. The lowest BCUT2D eigenvalue weighted by molar-refractivity contribution is 0.316. The van der Waals surface area contributed by atoms with Crippen molar-refractivity contribution in [2.24, 2.45) is 5.73 Å². The molecule has 1 aromatic carbocycles. The Kier molecular flexibility index (Phi) is 2.86. The first kappa shape index (κ1) is 10.1. The fourth-order valence-electron chi connectivity index (χ4n) is 1.66. The van der Waals surface area contributed by atoms with E-state index in [9.17, 15) is 0 Å². The summed E-state index contributed by atoms with van der Waals surface area (Å²) in [6.45, 7) is 0.654. The Labute approximate surface area is 92.9 Å². The maximum Gasteiger partial charge on any atom is 0.144 e. The smallest absolute Gasteiger partial charge is 0.144 e. The van der Waals surface area contributed by atoms with Crippen molar-refractivity contribution < 1.29 is 4.74 Å². The Morgan fingerprint density at radius 2 is 2.00 bits per heavy atom. The summed E-state index contributed by atoms with van der Waals surface area (Å²) in [6, 6.07) is 3.43. The van der Waals surface area contributed by atoms with Crippen molar-refractivity contribution in [2.45, 2.75) is 18.9 Å². The average Bonchev–Trinajstić information content (AvgIpc) is 2.35. The average molecular weight is 232 g/mol. The van der Waals surface area contributed by atoms with E-state index in [0.29, 0.717) is 22.4 Å². The Bertz CT molecular complexity index is 354. The molecule has 2 rings (SSSR count). The topological polar surface area (TPSA) is 35.2 Å². The van der Waals surface area contributed by atoms with E-state index < -0.39 is 0 Å². The second kappa shape index (κ2) is 3.97. The minimum absolute atomic E-state index is 0.0706. The minimum Gasteiger partial charge on any atom is -0.492 e. The highest BCUT2D eigenvalue weighted by atomic mass is 35.5. The van der Waals surface area contributed by atoms with Crippen LogP contribution in [-0.4, -0.2) is 6.61 Å². The fraction of sp³-hybridized carbons (Fsp3) is 0.400. The van der Waals surface area contributed by atoms with Gasteiger partial charge in [0.1, 0.15) is 5.75 Å². The van der Waals surface area contributed by atoms with Crippen LogP contribution in [0.1, 0.15) is 24.4 Å². The van der Waals surface area contributed by atoms with E-state index in [0.717, 1.165) is 18.4 Å². The first-order valence-electron chi connectivity index (χ1n) is 4.56. The van der Waals surface area contributed by atoms with E-state index in [-0.39, 0.29) is 6.04 Å². The monoisotopic (exact) mass is 231 g/mol. The van der Waals surface area contributed by atoms with Gasteiger partial charge in [-0.25, -0.2) is 0 Å². The second-order valence-corrected chi connectivity index (χ2v) is 4.18. The minimum atomic E-state index is -0.0706. The molecule has 0 aliphatic carbocycles. The molecule has 0 bridgehead atoms. The lowest BCUT2D eigenvalue weighted by Crippen LogP contribution is -2.09. The normalized spacial score (nSPS) is 20.9. The Morgan fingerprint density at radius 1 is 1.29 bits per heavy atom. The molecule has 1 aliphatic rings. The zero-order valence-electron chi connectivity index (χ0n) is 7.59. The molecule has 0 spiro atoms. The standard InChI is InChI=1S/C10H11Cl2NO/c11-6-3-4-7(12)10-9(6)8(13)2-1-5-14-10/h3-4,8H,1-2,5,13H2/t8-/m1/s1. The molecule has 2 N–H and O–H groups in total. The van der Waals surface area contributed by atoms with Crippen LogP contribution < -0.4 is 10.5 Å². The molecular formula is C10H11Cl2NO. The molecule has 1 aliphatic heterocycles. The van der Waals surface area contributed by atoms with Crippen molar-refractivity contribution in [1.29, 1.82) is 0 Å². The molecule has 0 saturated heterocycles. The Balaban J connectivity index is 2.57. The van der Waals surface area contributed by atoms with Crippen LogP contribution in [0.25, 0.3) is 0 Å². The third kappa shape index (κ3) is 1.70. The summed E-state index contributed by atoms with van der Waals surface area (Å²) in [5, 5.41) is 1.22. The van der Waals surface area contributed by atoms with Crippen LogP contribution in [0.15, 0.2) is 12.1 Å². The predicted octanol–water partition coefficient (Wildman–Crippen LogP) is 3.17. The number of ether oxygens (including phenoxy) is 1. The number of hydrogen-bond acceptors (Lipinski definition) is 2. The molecule has 14 heavy (non-hydrogen) atoms. The zero-order valence-corrected chi connectivity index (χ0v) is 9.11. The maximum absolute atomic E-state index is 6.06. The van der Waals surface area contributed by atoms with Crippen LogP contribution >= 0.6 is 23.2 Å². The Hall–Kier alpha value is -0.440. The molecule has 0 radical (unpaired) electrons. The number of halogens is 2. The number of rotatable bonds is 0. The van der Waals surface area contributed by atoms with Gasteiger partial charge >= 0.3 is 0 Å². The van der Waals surface area contributed by atoms with Crippen molar-refractivity contribution in [3.63, 3.8) is 0 Å². The summed E-state index contributed by atoms with van der Waals surface area (Å²) < 4.78 is 5.53. The van der Waals surface area contributed by atoms with Gasteiger partial charge in [0.05, 0.1) is 11.6 Å². The van der Waals surface area contributed by atoms with Crippen LogP contribution in [-0.2, 0) is 0 Å². The van der Waals surface area contributed by atoms with Gasteiger partial charge < -0.3 is 10.5 Å². The molecule has 0 unspecified atom stereocenters. The molecule has 0 fully saturated rings. The molecule has 0 aromatic heterocycles. The summed E-state index contributed by atoms with van der Waals surface area (Å²) in [4.78, 5) is 0. The van der Waals surface area contributed by atoms with Gasteiger partial charge in [0.2, 0.25) is 0 Å². The summed E-state index contributed by atoms with van der Waals surface area (Å²) >= 11 is 12.1. The fourth-order valence-corrected chi connectivity index (χ4v) is 2.17. The van der Waals surface area contributed by atoms with Gasteiger partial charge in [0.25, 0.3) is 0 Å². The van der Waals surface area contributed by atoms with Gasteiger partial charge in [-0.15, -0.1) is 0 Å². The molecule has 0 saturated carbocycles. The second-order valence-electron chi connectivity index (χ2n) is 3.37. The van der Waals surface area contributed by atoms with E-state index >= 15 is 0 Å². The summed E-state index contributed by atoms with van der Waals surface area (Å²) in [7, 11) is 0. The van der Waals surface area contributed by atoms with Crippen LogP contribution in [0.4, 0.5) is 0 Å². The van der Waals surface area contributed by atoms with Gasteiger partial charge in [-0.3, -0.25) is 0 Å². The van der Waals surface area contributed by atoms with Crippen molar-refractivity contribution in [2.75, 3.05) is 6.61 Å². The highest BCUT2D eigenvalue weighted by Crippen LogP contribution is 2.40. The number of hydrogen-bond donors (Lipinski definition) is 1. The number of fused-ring (bicyclic) bond motifs is 1. The summed E-state index contributed by atoms with van der Waals surface area (Å²) in [5.74, 6) is 0.657. The van der Waals surface area contributed by atoms with Crippen LogP contribution in [0.2, 0.25) is 10.0 Å². The van der Waals surface area contributed by atoms with E-state index in [1.165, 1.54) is 0 Å².